The van der Waals surface area contributed by atoms with Crippen LogP contribution in [0.2, 0.25) is 0 Å². The largest absolute Gasteiger partial charge is 0.367 e. The first-order chi connectivity index (χ1) is 10.7. The van der Waals surface area contributed by atoms with E-state index in [1.54, 1.807) is 6.20 Å². The summed E-state index contributed by atoms with van der Waals surface area (Å²) in [5.74, 6) is 2.39. The van der Waals surface area contributed by atoms with Crippen LogP contribution in [-0.2, 0) is 0 Å². The Hall–Kier alpha value is -1.69. The minimum absolute atomic E-state index is 0.128. The van der Waals surface area contributed by atoms with E-state index in [-0.39, 0.29) is 10.8 Å². The third-order valence-electron chi connectivity index (χ3n) is 3.81. The molecule has 0 aromatic carbocycles. The molecular weight excluding hydrogens is 312 g/mol. The molecule has 0 amide bonds. The number of halogens is 1. The summed E-state index contributed by atoms with van der Waals surface area (Å²) in [5, 5.41) is 15.3. The molecule has 128 valence electrons. The maximum atomic E-state index is 8.41. The Morgan fingerprint density at radius 2 is 2.17 bits per heavy atom. The summed E-state index contributed by atoms with van der Waals surface area (Å²) in [6.07, 6.45) is 6.95. The smallest absolute Gasteiger partial charge is 0.216 e. The fourth-order valence-electron chi connectivity index (χ4n) is 2.80. The van der Waals surface area contributed by atoms with Crippen molar-refractivity contribution in [3.05, 3.63) is 23.9 Å². The molecule has 2 aliphatic rings. The fourth-order valence-corrected chi connectivity index (χ4v) is 2.95. The van der Waals surface area contributed by atoms with E-state index < -0.39 is 0 Å². The molecule has 2 atom stereocenters. The van der Waals surface area contributed by atoms with Crippen LogP contribution in [0.4, 0.5) is 0 Å². The molecule has 2 rings (SSSR count). The molecule has 0 aromatic rings. The van der Waals surface area contributed by atoms with Crippen molar-refractivity contribution >= 4 is 22.6 Å². The van der Waals surface area contributed by atoms with Crippen LogP contribution in [-0.4, -0.2) is 16.5 Å². The third kappa shape index (κ3) is 5.78. The molecule has 1 saturated carbocycles. The lowest BCUT2D eigenvalue weighted by molar-refractivity contribution is 0.458. The molecule has 1 heterocycles. The topological polar surface area (TPSA) is 84.3 Å². The number of nitrogens with one attached hydrogen (secondary N) is 5. The fraction of sp³-hybridized carbons (Fsp3) is 0.625. The van der Waals surface area contributed by atoms with Crippen LogP contribution < -0.4 is 21.5 Å². The van der Waals surface area contributed by atoms with Crippen molar-refractivity contribution in [3.63, 3.8) is 0 Å². The van der Waals surface area contributed by atoms with E-state index >= 15 is 0 Å². The quantitative estimate of drug-likeness (QED) is 0.394. The van der Waals surface area contributed by atoms with Crippen LogP contribution in [0.3, 0.4) is 0 Å². The summed E-state index contributed by atoms with van der Waals surface area (Å²) >= 11 is 5.87. The first kappa shape index (κ1) is 17.7. The van der Waals surface area contributed by atoms with Crippen molar-refractivity contribution in [2.24, 2.45) is 16.8 Å². The van der Waals surface area contributed by atoms with Gasteiger partial charge in [-0.1, -0.05) is 13.3 Å². The first-order valence-corrected chi connectivity index (χ1v) is 8.42. The summed E-state index contributed by atoms with van der Waals surface area (Å²) in [4.78, 5) is 4.18. The molecule has 0 radical (unpaired) electrons. The van der Waals surface area contributed by atoms with Crippen LogP contribution in [0.5, 0.6) is 0 Å². The Kier molecular flexibility index (Phi) is 5.57. The van der Waals surface area contributed by atoms with Gasteiger partial charge in [-0.05, 0) is 57.2 Å². The zero-order valence-corrected chi connectivity index (χ0v) is 15.0. The lowest BCUT2D eigenvalue weighted by Gasteiger charge is -2.26. The summed E-state index contributed by atoms with van der Waals surface area (Å²) in [6.45, 7) is 8.49. The van der Waals surface area contributed by atoms with E-state index in [2.05, 4.69) is 54.2 Å². The van der Waals surface area contributed by atoms with Crippen molar-refractivity contribution in [2.45, 2.75) is 52.5 Å². The molecule has 5 N–H and O–H groups in total. The van der Waals surface area contributed by atoms with Gasteiger partial charge in [0.1, 0.15) is 5.82 Å². The average Bonchev–Trinajstić information content (AvgIpc) is 2.83. The second-order valence-electron chi connectivity index (χ2n) is 7.33. The minimum Gasteiger partial charge on any atom is -0.367 e. The van der Waals surface area contributed by atoms with Gasteiger partial charge in [-0.25, -0.2) is 0 Å². The molecule has 0 spiro atoms. The number of hydrazine groups is 1. The molecule has 23 heavy (non-hydrogen) atoms. The van der Waals surface area contributed by atoms with Gasteiger partial charge in [-0.2, -0.15) is 4.99 Å². The van der Waals surface area contributed by atoms with Crippen LogP contribution in [0.1, 0.15) is 47.0 Å². The van der Waals surface area contributed by atoms with Crippen molar-refractivity contribution in [3.8, 4) is 0 Å². The molecule has 6 nitrogen and oxygen atoms in total. The van der Waals surface area contributed by atoms with Crippen molar-refractivity contribution in [1.82, 2.24) is 21.5 Å². The summed E-state index contributed by atoms with van der Waals surface area (Å²) in [5.41, 5.74) is 6.04. The molecule has 0 bridgehead atoms. The van der Waals surface area contributed by atoms with Gasteiger partial charge in [-0.15, -0.1) is 0 Å². The first-order valence-electron chi connectivity index (χ1n) is 8.04. The maximum Gasteiger partial charge on any atom is 0.216 e. The number of hydrogen-bond donors (Lipinski definition) is 5. The molecule has 7 heteroatoms. The molecule has 0 aromatic heterocycles. The number of amidine groups is 1. The Morgan fingerprint density at radius 1 is 1.43 bits per heavy atom. The molecular formula is C16H27ClN6. The van der Waals surface area contributed by atoms with Gasteiger partial charge in [0, 0.05) is 17.2 Å². The molecule has 1 fully saturated rings. The Balaban J connectivity index is 2.11. The zero-order chi connectivity index (χ0) is 17.0. The lowest BCUT2D eigenvalue weighted by atomic mass is 10.00. The number of aliphatic imine (C=N–C) groups is 1. The van der Waals surface area contributed by atoms with Crippen molar-refractivity contribution < 1.29 is 0 Å². The number of hydrogen-bond acceptors (Lipinski definition) is 6. The lowest BCUT2D eigenvalue weighted by Crippen LogP contribution is -2.42. The van der Waals surface area contributed by atoms with E-state index in [0.717, 1.165) is 18.7 Å². The standard InChI is InChI=1S/C16H27ClN6/c1-10-5-6-11(7-10)12(18)8-13(22-16(2,3)4)20-14-9-19-23-15(17)21-14/h8-11,18-20,22H,5-7H2,1-4H3,(H,21,23)/b13-8-,18-12?. The highest BCUT2D eigenvalue weighted by Crippen LogP contribution is 2.31. The Labute approximate surface area is 143 Å². The van der Waals surface area contributed by atoms with Crippen LogP contribution in [0.25, 0.3) is 0 Å². The predicted molar refractivity (Wildman–Crippen MR) is 96.0 cm³/mol. The van der Waals surface area contributed by atoms with Gasteiger partial charge < -0.3 is 21.5 Å². The van der Waals surface area contributed by atoms with Crippen LogP contribution >= 0.6 is 11.6 Å². The number of allylic oxidation sites excluding steroid dienone is 1. The summed E-state index contributed by atoms with van der Waals surface area (Å²) in [6, 6.07) is 0. The Morgan fingerprint density at radius 3 is 2.74 bits per heavy atom. The van der Waals surface area contributed by atoms with Gasteiger partial charge in [0.2, 0.25) is 5.29 Å². The molecule has 2 unspecified atom stereocenters. The predicted octanol–water partition coefficient (Wildman–Crippen LogP) is 2.76. The summed E-state index contributed by atoms with van der Waals surface area (Å²) in [7, 11) is 0. The monoisotopic (exact) mass is 338 g/mol. The van der Waals surface area contributed by atoms with E-state index in [4.69, 9.17) is 17.0 Å². The second kappa shape index (κ2) is 7.25. The van der Waals surface area contributed by atoms with Gasteiger partial charge >= 0.3 is 0 Å². The zero-order valence-electron chi connectivity index (χ0n) is 14.3. The highest BCUT2D eigenvalue weighted by Gasteiger charge is 2.24. The van der Waals surface area contributed by atoms with E-state index in [0.29, 0.717) is 23.4 Å². The van der Waals surface area contributed by atoms with E-state index in [9.17, 15) is 0 Å². The van der Waals surface area contributed by atoms with Gasteiger partial charge in [0.15, 0.2) is 5.82 Å². The van der Waals surface area contributed by atoms with E-state index in [1.807, 2.05) is 6.08 Å². The number of nitrogens with zero attached hydrogens (tertiary/aromatic N) is 1. The van der Waals surface area contributed by atoms with Crippen molar-refractivity contribution in [2.75, 3.05) is 0 Å². The molecule has 1 aliphatic carbocycles. The van der Waals surface area contributed by atoms with Crippen molar-refractivity contribution in [1.29, 1.82) is 5.41 Å². The summed E-state index contributed by atoms with van der Waals surface area (Å²) < 4.78 is 0. The molecule has 0 saturated heterocycles. The second-order valence-corrected chi connectivity index (χ2v) is 7.69. The normalized spacial score (nSPS) is 25.0. The minimum atomic E-state index is -0.128. The van der Waals surface area contributed by atoms with Gasteiger partial charge in [0.05, 0.1) is 6.20 Å². The van der Waals surface area contributed by atoms with Crippen LogP contribution in [0, 0.1) is 17.2 Å². The number of rotatable bonds is 5. The maximum absolute atomic E-state index is 8.41. The SMILES string of the molecule is CC1CCC(C(=N)/C=C(/NC2=CNNC(Cl)=N2)NC(C)(C)C)C1. The van der Waals surface area contributed by atoms with Gasteiger partial charge in [0.25, 0.3) is 0 Å². The average molecular weight is 339 g/mol. The molecule has 1 aliphatic heterocycles. The van der Waals surface area contributed by atoms with Crippen LogP contribution in [0.15, 0.2) is 28.9 Å². The van der Waals surface area contributed by atoms with Gasteiger partial charge in [-0.3, -0.25) is 5.43 Å². The van der Waals surface area contributed by atoms with E-state index in [1.165, 1.54) is 6.42 Å². The third-order valence-corrected chi connectivity index (χ3v) is 3.99. The Bertz CT molecular complexity index is 543. The highest BCUT2D eigenvalue weighted by molar-refractivity contribution is 6.64. The highest BCUT2D eigenvalue weighted by atomic mass is 35.5.